The van der Waals surface area contributed by atoms with E-state index in [-0.39, 0.29) is 12.2 Å². The number of hydrogen-bond acceptors (Lipinski definition) is 2. The van der Waals surface area contributed by atoms with Crippen LogP contribution in [0, 0.1) is 52.3 Å². The van der Waals surface area contributed by atoms with Crippen LogP contribution in [0.4, 0.5) is 0 Å². The fourth-order valence-electron chi connectivity index (χ4n) is 7.62. The molecular weight excluding hydrogens is 332 g/mol. The van der Waals surface area contributed by atoms with Crippen LogP contribution in [0.3, 0.4) is 0 Å². The maximum absolute atomic E-state index is 10.6. The lowest BCUT2D eigenvalue weighted by molar-refractivity contribution is -0.125. The van der Waals surface area contributed by atoms with Crippen molar-refractivity contribution >= 4 is 0 Å². The summed E-state index contributed by atoms with van der Waals surface area (Å²) in [5.74, 6) is 3.93. The molecule has 0 saturated heterocycles. The second-order valence-corrected chi connectivity index (χ2v) is 12.1. The molecule has 5 atom stereocenters. The average Bonchev–Trinajstić information content (AvgIpc) is 2.59. The van der Waals surface area contributed by atoms with Crippen LogP contribution in [-0.4, -0.2) is 22.4 Å². The van der Waals surface area contributed by atoms with Gasteiger partial charge in [-0.05, 0) is 97.2 Å². The van der Waals surface area contributed by atoms with E-state index in [1.54, 1.807) is 0 Å². The third-order valence-corrected chi connectivity index (χ3v) is 9.74. The van der Waals surface area contributed by atoms with Crippen molar-refractivity contribution in [3.63, 3.8) is 0 Å². The van der Waals surface area contributed by atoms with Crippen LogP contribution >= 0.6 is 0 Å². The van der Waals surface area contributed by atoms with Crippen LogP contribution in [0.2, 0.25) is 0 Å². The summed E-state index contributed by atoms with van der Waals surface area (Å²) in [5.41, 5.74) is 0.796. The Morgan fingerprint density at radius 2 is 1.04 bits per heavy atom. The minimum atomic E-state index is -0.125. The Kier molecular flexibility index (Phi) is 6.11. The molecule has 3 rings (SSSR count). The highest BCUT2D eigenvalue weighted by Gasteiger charge is 2.55. The van der Waals surface area contributed by atoms with E-state index >= 15 is 0 Å². The molecule has 2 nitrogen and oxygen atoms in total. The van der Waals surface area contributed by atoms with Crippen molar-refractivity contribution in [2.45, 2.75) is 106 Å². The molecule has 0 radical (unpaired) electrons. The third kappa shape index (κ3) is 3.87. The first-order chi connectivity index (χ1) is 12.5. The van der Waals surface area contributed by atoms with Gasteiger partial charge in [0.25, 0.3) is 0 Å². The molecule has 2 N–H and O–H groups in total. The molecule has 5 unspecified atom stereocenters. The lowest BCUT2D eigenvalue weighted by Gasteiger charge is -2.60. The average molecular weight is 379 g/mol. The summed E-state index contributed by atoms with van der Waals surface area (Å²) in [7, 11) is 0. The van der Waals surface area contributed by atoms with Crippen LogP contribution in [-0.2, 0) is 0 Å². The van der Waals surface area contributed by atoms with Gasteiger partial charge in [0.15, 0.2) is 0 Å². The van der Waals surface area contributed by atoms with E-state index in [9.17, 15) is 10.2 Å². The number of aliphatic hydroxyl groups excluding tert-OH is 2. The van der Waals surface area contributed by atoms with Crippen LogP contribution < -0.4 is 0 Å². The Morgan fingerprint density at radius 1 is 0.667 bits per heavy atom. The van der Waals surface area contributed by atoms with Gasteiger partial charge < -0.3 is 10.2 Å². The van der Waals surface area contributed by atoms with Crippen molar-refractivity contribution in [3.05, 3.63) is 0 Å². The first-order valence-electron chi connectivity index (χ1n) is 11.8. The molecule has 2 heteroatoms. The zero-order valence-electron chi connectivity index (χ0n) is 19.0. The predicted molar refractivity (Wildman–Crippen MR) is 113 cm³/mol. The molecule has 0 aromatic rings. The number of aliphatic hydroxyl groups is 2. The Hall–Kier alpha value is -0.0800. The highest BCUT2D eigenvalue weighted by molar-refractivity contribution is 5.04. The van der Waals surface area contributed by atoms with E-state index < -0.39 is 0 Å². The fourth-order valence-corrected chi connectivity index (χ4v) is 7.62. The van der Waals surface area contributed by atoms with Crippen molar-refractivity contribution in [1.29, 1.82) is 0 Å². The standard InChI is InChI=1S/C25H46O2/c1-15-10-20(11-16(2)22(15)26)25(9-8-19(5)24(6,7)14-25)21-12-17(3)23(27)18(4)13-21/h15-23,26-27H,8-14H2,1-7H3. The minimum absolute atomic E-state index is 0.125. The maximum atomic E-state index is 10.6. The molecule has 0 spiro atoms. The van der Waals surface area contributed by atoms with Gasteiger partial charge in [0.05, 0.1) is 12.2 Å². The summed E-state index contributed by atoms with van der Waals surface area (Å²) in [4.78, 5) is 0. The third-order valence-electron chi connectivity index (χ3n) is 9.74. The van der Waals surface area contributed by atoms with Crippen LogP contribution in [0.15, 0.2) is 0 Å². The lowest BCUT2D eigenvalue weighted by Crippen LogP contribution is -2.53. The van der Waals surface area contributed by atoms with E-state index in [2.05, 4.69) is 48.5 Å². The SMILES string of the molecule is CC1CC(C2(C3CC(C)C(O)C(C)C3)CCC(C)C(C)(C)C2)CC(C)C1O. The molecule has 27 heavy (non-hydrogen) atoms. The molecule has 0 amide bonds. The van der Waals surface area contributed by atoms with Gasteiger partial charge in [0.2, 0.25) is 0 Å². The molecule has 3 aliphatic rings. The fraction of sp³-hybridized carbons (Fsp3) is 1.00. The zero-order valence-corrected chi connectivity index (χ0v) is 19.0. The summed E-state index contributed by atoms with van der Waals surface area (Å²) in [6.45, 7) is 16.5. The van der Waals surface area contributed by atoms with Crippen LogP contribution in [0.25, 0.3) is 0 Å². The predicted octanol–water partition coefficient (Wildman–Crippen LogP) is 5.91. The molecule has 0 aromatic carbocycles. The van der Waals surface area contributed by atoms with E-state index in [0.29, 0.717) is 34.5 Å². The molecule has 0 aromatic heterocycles. The summed E-state index contributed by atoms with van der Waals surface area (Å²) in [6.07, 6.45) is 8.56. The monoisotopic (exact) mass is 378 g/mol. The van der Waals surface area contributed by atoms with Crippen molar-refractivity contribution in [2.24, 2.45) is 52.3 Å². The van der Waals surface area contributed by atoms with E-state index in [1.165, 1.54) is 44.9 Å². The largest absolute Gasteiger partial charge is 0.393 e. The van der Waals surface area contributed by atoms with Gasteiger partial charge in [-0.15, -0.1) is 0 Å². The van der Waals surface area contributed by atoms with E-state index in [1.807, 2.05) is 0 Å². The van der Waals surface area contributed by atoms with Crippen molar-refractivity contribution in [3.8, 4) is 0 Å². The second kappa shape index (κ2) is 7.63. The van der Waals surface area contributed by atoms with Gasteiger partial charge in [0, 0.05) is 0 Å². The smallest absolute Gasteiger partial charge is 0.0591 e. The summed E-state index contributed by atoms with van der Waals surface area (Å²) in [6, 6.07) is 0. The molecule has 158 valence electrons. The number of hydrogen-bond donors (Lipinski definition) is 2. The molecule has 3 fully saturated rings. The second-order valence-electron chi connectivity index (χ2n) is 12.1. The Labute approximate surface area is 168 Å². The van der Waals surface area contributed by atoms with Crippen LogP contribution in [0.1, 0.15) is 93.4 Å². The molecular formula is C25H46O2. The number of rotatable bonds is 2. The minimum Gasteiger partial charge on any atom is -0.393 e. The van der Waals surface area contributed by atoms with Gasteiger partial charge >= 0.3 is 0 Å². The quantitative estimate of drug-likeness (QED) is 0.627. The van der Waals surface area contributed by atoms with Crippen molar-refractivity contribution < 1.29 is 10.2 Å². The first-order valence-corrected chi connectivity index (χ1v) is 11.8. The topological polar surface area (TPSA) is 40.5 Å². The maximum Gasteiger partial charge on any atom is 0.0591 e. The highest BCUT2D eigenvalue weighted by Crippen LogP contribution is 2.63. The first kappa shape index (κ1) is 21.6. The highest BCUT2D eigenvalue weighted by atomic mass is 16.3. The summed E-state index contributed by atoms with van der Waals surface area (Å²) in [5, 5.41) is 21.2. The van der Waals surface area contributed by atoms with Crippen molar-refractivity contribution in [2.75, 3.05) is 0 Å². The van der Waals surface area contributed by atoms with Gasteiger partial charge in [-0.1, -0.05) is 48.5 Å². The Balaban J connectivity index is 1.95. The Morgan fingerprint density at radius 3 is 1.37 bits per heavy atom. The van der Waals surface area contributed by atoms with Crippen LogP contribution in [0.5, 0.6) is 0 Å². The molecule has 0 aliphatic heterocycles. The molecule has 0 bridgehead atoms. The Bertz CT molecular complexity index is 458. The molecule has 0 heterocycles. The van der Waals surface area contributed by atoms with Gasteiger partial charge in [-0.25, -0.2) is 0 Å². The van der Waals surface area contributed by atoms with Gasteiger partial charge in [-0.3, -0.25) is 0 Å². The normalized spacial score (nSPS) is 53.9. The molecule has 3 aliphatic carbocycles. The summed E-state index contributed by atoms with van der Waals surface area (Å²) < 4.78 is 0. The van der Waals surface area contributed by atoms with E-state index in [4.69, 9.17) is 0 Å². The zero-order chi connectivity index (χ0) is 20.1. The lowest BCUT2D eigenvalue weighted by atomic mass is 9.45. The van der Waals surface area contributed by atoms with Crippen molar-refractivity contribution in [1.82, 2.24) is 0 Å². The molecule has 3 saturated carbocycles. The van der Waals surface area contributed by atoms with E-state index in [0.717, 1.165) is 17.8 Å². The van der Waals surface area contributed by atoms with Gasteiger partial charge in [-0.2, -0.15) is 0 Å². The van der Waals surface area contributed by atoms with Gasteiger partial charge in [0.1, 0.15) is 0 Å². The summed E-state index contributed by atoms with van der Waals surface area (Å²) >= 11 is 0.